The van der Waals surface area contributed by atoms with Crippen LogP contribution in [0.25, 0.3) is 0 Å². The Labute approximate surface area is 103 Å². The largest absolute Gasteiger partial charge is 0.337 e. The van der Waals surface area contributed by atoms with Crippen molar-refractivity contribution in [3.63, 3.8) is 0 Å². The van der Waals surface area contributed by atoms with Gasteiger partial charge >= 0.3 is 0 Å². The van der Waals surface area contributed by atoms with Crippen LogP contribution in [0.1, 0.15) is 29.7 Å². The molecule has 0 saturated carbocycles. The predicted octanol–water partition coefficient (Wildman–Crippen LogP) is 2.82. The first-order chi connectivity index (χ1) is 8.27. The van der Waals surface area contributed by atoms with Gasteiger partial charge in [0.1, 0.15) is 12.6 Å². The topological polar surface area (TPSA) is 16.6 Å². The third kappa shape index (κ3) is 3.18. The molecule has 17 heavy (non-hydrogen) atoms. The molecule has 0 aromatic heterocycles. The van der Waals surface area contributed by atoms with E-state index in [0.29, 0.717) is 6.04 Å². The van der Waals surface area contributed by atoms with E-state index in [-0.39, 0.29) is 0 Å². The smallest absolute Gasteiger partial charge is 0.109 e. The summed E-state index contributed by atoms with van der Waals surface area (Å²) in [6.45, 7) is 5.48. The molecule has 1 nitrogen and oxygen atoms in total. The Morgan fingerprint density at radius 2 is 1.59 bits per heavy atom. The Morgan fingerprint density at radius 3 is 2.29 bits per heavy atom. The van der Waals surface area contributed by atoms with Crippen molar-refractivity contribution in [3.8, 4) is 0 Å². The second-order valence-corrected chi connectivity index (χ2v) is 4.57. The summed E-state index contributed by atoms with van der Waals surface area (Å²) in [6, 6.07) is 19.8. The number of hydrogen-bond donors (Lipinski definition) is 1. The Bertz CT molecular complexity index is 462. The van der Waals surface area contributed by atoms with Crippen LogP contribution in [0.5, 0.6) is 0 Å². The van der Waals surface area contributed by atoms with Gasteiger partial charge in [0.05, 0.1) is 0 Å². The normalized spacial score (nSPS) is 12.4. The van der Waals surface area contributed by atoms with Crippen LogP contribution in [0.4, 0.5) is 0 Å². The van der Waals surface area contributed by atoms with Crippen LogP contribution in [-0.2, 0) is 6.54 Å². The molecule has 0 spiro atoms. The maximum atomic E-state index is 2.39. The molecule has 0 amide bonds. The van der Waals surface area contributed by atoms with Crippen LogP contribution in [0.2, 0.25) is 0 Å². The molecule has 0 aliphatic rings. The number of hydrogen-bond acceptors (Lipinski definition) is 0. The van der Waals surface area contributed by atoms with Gasteiger partial charge in [-0.05, 0) is 19.4 Å². The molecule has 2 rings (SSSR count). The zero-order valence-corrected chi connectivity index (χ0v) is 10.6. The first kappa shape index (κ1) is 11.9. The highest BCUT2D eigenvalue weighted by Crippen LogP contribution is 2.08. The fourth-order valence-corrected chi connectivity index (χ4v) is 2.04. The van der Waals surface area contributed by atoms with Crippen LogP contribution >= 0.6 is 0 Å². The van der Waals surface area contributed by atoms with E-state index in [2.05, 4.69) is 73.8 Å². The van der Waals surface area contributed by atoms with Gasteiger partial charge in [-0.1, -0.05) is 54.6 Å². The Kier molecular flexibility index (Phi) is 3.94. The van der Waals surface area contributed by atoms with Gasteiger partial charge in [0, 0.05) is 11.1 Å². The monoisotopic (exact) mass is 226 g/mol. The maximum absolute atomic E-state index is 2.39. The van der Waals surface area contributed by atoms with Crippen LogP contribution in [0.3, 0.4) is 0 Å². The summed E-state index contributed by atoms with van der Waals surface area (Å²) in [5.41, 5.74) is 4.19. The molecular weight excluding hydrogens is 206 g/mol. The van der Waals surface area contributed by atoms with Crippen molar-refractivity contribution in [3.05, 3.63) is 71.3 Å². The van der Waals surface area contributed by atoms with Gasteiger partial charge in [0.25, 0.3) is 0 Å². The third-order valence-electron chi connectivity index (χ3n) is 3.28. The van der Waals surface area contributed by atoms with E-state index < -0.39 is 0 Å². The first-order valence-corrected chi connectivity index (χ1v) is 6.20. The average Bonchev–Trinajstić information content (AvgIpc) is 2.38. The van der Waals surface area contributed by atoms with Crippen LogP contribution in [-0.4, -0.2) is 0 Å². The Morgan fingerprint density at radius 1 is 0.941 bits per heavy atom. The molecule has 2 aromatic rings. The highest BCUT2D eigenvalue weighted by Gasteiger charge is 2.08. The number of aryl methyl sites for hydroxylation is 1. The highest BCUT2D eigenvalue weighted by molar-refractivity contribution is 5.24. The molecule has 0 saturated heterocycles. The lowest BCUT2D eigenvalue weighted by atomic mass is 10.1. The minimum atomic E-state index is 0.510. The molecule has 2 N–H and O–H groups in total. The molecule has 0 radical (unpaired) electrons. The lowest BCUT2D eigenvalue weighted by Gasteiger charge is -2.12. The van der Waals surface area contributed by atoms with Gasteiger partial charge in [-0.3, -0.25) is 0 Å². The fraction of sp³-hybridized carbons (Fsp3) is 0.250. The minimum Gasteiger partial charge on any atom is -0.337 e. The van der Waals surface area contributed by atoms with E-state index in [0.717, 1.165) is 6.54 Å². The fourth-order valence-electron chi connectivity index (χ4n) is 2.04. The standard InChI is InChI=1S/C16H19N/c1-13-8-6-7-11-16(13)12-17-14(2)15-9-4-3-5-10-15/h3-11,14,17H,12H2,1-2H3/p+1/t14-/m1/s1. The SMILES string of the molecule is Cc1ccccc1C[NH2+][C@H](C)c1ccccc1. The average molecular weight is 226 g/mol. The van der Waals surface area contributed by atoms with E-state index >= 15 is 0 Å². The Hall–Kier alpha value is -1.60. The zero-order chi connectivity index (χ0) is 12.1. The molecule has 0 unspecified atom stereocenters. The van der Waals surface area contributed by atoms with Gasteiger partial charge in [-0.25, -0.2) is 0 Å². The molecule has 88 valence electrons. The molecule has 0 bridgehead atoms. The number of quaternary nitrogens is 1. The number of benzene rings is 2. The quantitative estimate of drug-likeness (QED) is 0.825. The Balaban J connectivity index is 1.97. The molecule has 0 heterocycles. The zero-order valence-electron chi connectivity index (χ0n) is 10.6. The second kappa shape index (κ2) is 5.65. The molecule has 0 fully saturated rings. The van der Waals surface area contributed by atoms with Crippen molar-refractivity contribution in [1.29, 1.82) is 0 Å². The van der Waals surface area contributed by atoms with Crippen molar-refractivity contribution in [2.45, 2.75) is 26.4 Å². The van der Waals surface area contributed by atoms with E-state index in [4.69, 9.17) is 0 Å². The van der Waals surface area contributed by atoms with Crippen LogP contribution in [0, 0.1) is 6.92 Å². The summed E-state index contributed by atoms with van der Waals surface area (Å²) in [4.78, 5) is 0. The predicted molar refractivity (Wildman–Crippen MR) is 71.7 cm³/mol. The minimum absolute atomic E-state index is 0.510. The maximum Gasteiger partial charge on any atom is 0.109 e. The van der Waals surface area contributed by atoms with Gasteiger partial charge in [-0.2, -0.15) is 0 Å². The summed E-state index contributed by atoms with van der Waals surface area (Å²) in [6.07, 6.45) is 0. The molecule has 2 aromatic carbocycles. The number of nitrogens with two attached hydrogens (primary N) is 1. The van der Waals surface area contributed by atoms with E-state index in [1.54, 1.807) is 0 Å². The van der Waals surface area contributed by atoms with Crippen molar-refractivity contribution in [1.82, 2.24) is 0 Å². The van der Waals surface area contributed by atoms with Crippen LogP contribution < -0.4 is 5.32 Å². The lowest BCUT2D eigenvalue weighted by Crippen LogP contribution is -2.83. The van der Waals surface area contributed by atoms with Gasteiger partial charge in [-0.15, -0.1) is 0 Å². The molecule has 1 heteroatoms. The summed E-state index contributed by atoms with van der Waals surface area (Å²) < 4.78 is 0. The van der Waals surface area contributed by atoms with Crippen LogP contribution in [0.15, 0.2) is 54.6 Å². The first-order valence-electron chi connectivity index (χ1n) is 6.20. The summed E-state index contributed by atoms with van der Waals surface area (Å²) in [5.74, 6) is 0. The highest BCUT2D eigenvalue weighted by atomic mass is 14.9. The van der Waals surface area contributed by atoms with Crippen molar-refractivity contribution < 1.29 is 5.32 Å². The van der Waals surface area contributed by atoms with E-state index in [9.17, 15) is 0 Å². The molecule has 0 aliphatic heterocycles. The van der Waals surface area contributed by atoms with Crippen molar-refractivity contribution >= 4 is 0 Å². The molecule has 1 atom stereocenters. The summed E-state index contributed by atoms with van der Waals surface area (Å²) in [5, 5.41) is 2.39. The van der Waals surface area contributed by atoms with Crippen molar-refractivity contribution in [2.75, 3.05) is 0 Å². The third-order valence-corrected chi connectivity index (χ3v) is 3.28. The summed E-state index contributed by atoms with van der Waals surface area (Å²) in [7, 11) is 0. The van der Waals surface area contributed by atoms with E-state index in [1.807, 2.05) is 0 Å². The summed E-state index contributed by atoms with van der Waals surface area (Å²) >= 11 is 0. The second-order valence-electron chi connectivity index (χ2n) is 4.57. The van der Waals surface area contributed by atoms with Crippen molar-refractivity contribution in [2.24, 2.45) is 0 Å². The van der Waals surface area contributed by atoms with Gasteiger partial charge < -0.3 is 5.32 Å². The molecule has 0 aliphatic carbocycles. The van der Waals surface area contributed by atoms with Gasteiger partial charge in [0.2, 0.25) is 0 Å². The van der Waals surface area contributed by atoms with Gasteiger partial charge in [0.15, 0.2) is 0 Å². The lowest BCUT2D eigenvalue weighted by molar-refractivity contribution is -0.708. The van der Waals surface area contributed by atoms with E-state index in [1.165, 1.54) is 16.7 Å². The number of rotatable bonds is 4. The molecular formula is C16H20N+.